The molecule has 1 aliphatic heterocycles. The van der Waals surface area contributed by atoms with Crippen molar-refractivity contribution in [1.82, 2.24) is 4.57 Å². The van der Waals surface area contributed by atoms with Gasteiger partial charge >= 0.3 is 0 Å². The second kappa shape index (κ2) is 16.1. The van der Waals surface area contributed by atoms with Crippen LogP contribution < -0.4 is 4.90 Å². The van der Waals surface area contributed by atoms with E-state index in [2.05, 4.69) is 301 Å². The van der Waals surface area contributed by atoms with Gasteiger partial charge in [0.1, 0.15) is 0 Å². The first kappa shape index (κ1) is 43.8. The molecule has 0 saturated carbocycles. The van der Waals surface area contributed by atoms with Crippen LogP contribution in [0.5, 0.6) is 0 Å². The highest BCUT2D eigenvalue weighted by Gasteiger charge is 2.53. The summed E-state index contributed by atoms with van der Waals surface area (Å²) >= 11 is 0. The van der Waals surface area contributed by atoms with Crippen LogP contribution in [-0.4, -0.2) is 4.57 Å². The smallest absolute Gasteiger partial charge is 0.0754 e. The molecule has 80 heavy (non-hydrogen) atoms. The highest BCUT2D eigenvalue weighted by Crippen LogP contribution is 2.66. The summed E-state index contributed by atoms with van der Waals surface area (Å²) in [4.78, 5) is 2.51. The topological polar surface area (TPSA) is 8.17 Å². The Bertz CT molecular complexity index is 4910. The summed E-state index contributed by atoms with van der Waals surface area (Å²) in [6.07, 6.45) is 0. The number of anilines is 3. The first-order valence-electron chi connectivity index (χ1n) is 28.0. The Morgan fingerprint density at radius 1 is 0.263 bits per heavy atom. The molecule has 1 aromatic heterocycles. The fourth-order valence-corrected chi connectivity index (χ4v) is 15.6. The van der Waals surface area contributed by atoms with Crippen molar-refractivity contribution >= 4 is 49.6 Å². The van der Waals surface area contributed by atoms with Gasteiger partial charge in [-0.15, -0.1) is 0 Å². The molecule has 4 aliphatic rings. The molecule has 18 rings (SSSR count). The van der Waals surface area contributed by atoms with Crippen LogP contribution >= 0.6 is 0 Å². The molecule has 0 amide bonds. The van der Waals surface area contributed by atoms with E-state index in [0.717, 1.165) is 17.1 Å². The standard InChI is InChI=1S/C78H48N2/c1-2-21-54-49(19-1)20-15-27-55(54)50-41-45-52(46-42-50)79(73-40-18-36-69-75(73)62-26-6-11-33-66(62)77(69)63-30-8-3-22-57(63)58-23-4-9-31-64(58)77)53-47-43-51(44-48-53)56-28-16-35-68-74(56)61-25-5-10-32-65(61)78(68)67-34-12-14-39-72(67)80-71-38-13-7-24-59(71)60-29-17-37-70(78)76(60)80/h1-48H. The van der Waals surface area contributed by atoms with Gasteiger partial charge in [-0.3, -0.25) is 0 Å². The first-order chi connectivity index (χ1) is 39.7. The highest BCUT2D eigenvalue weighted by molar-refractivity contribution is 6.13. The summed E-state index contributed by atoms with van der Waals surface area (Å²) in [5.41, 5.74) is 29.3. The molecule has 0 radical (unpaired) electrons. The number of aromatic nitrogens is 1. The zero-order valence-corrected chi connectivity index (χ0v) is 43.6. The minimum atomic E-state index is -0.529. The second-order valence-corrected chi connectivity index (χ2v) is 22.1. The van der Waals surface area contributed by atoms with Crippen molar-refractivity contribution in [3.63, 3.8) is 0 Å². The maximum Gasteiger partial charge on any atom is 0.0754 e. The van der Waals surface area contributed by atoms with Crippen LogP contribution in [0.15, 0.2) is 291 Å². The summed E-state index contributed by atoms with van der Waals surface area (Å²) in [6, 6.07) is 110. The van der Waals surface area contributed by atoms with Crippen LogP contribution in [0.3, 0.4) is 0 Å². The number of benzene rings is 13. The van der Waals surface area contributed by atoms with Gasteiger partial charge in [-0.1, -0.05) is 249 Å². The third-order valence-corrected chi connectivity index (χ3v) is 18.6. The van der Waals surface area contributed by atoms with E-state index < -0.39 is 10.8 Å². The van der Waals surface area contributed by atoms with Crippen molar-refractivity contribution in [2.75, 3.05) is 4.90 Å². The highest BCUT2D eigenvalue weighted by atomic mass is 15.1. The Balaban J connectivity index is 0.842. The molecular weight excluding hydrogens is 965 g/mol. The van der Waals surface area contributed by atoms with E-state index in [4.69, 9.17) is 0 Å². The summed E-state index contributed by atoms with van der Waals surface area (Å²) in [7, 11) is 0. The van der Waals surface area contributed by atoms with Gasteiger partial charge in [0.25, 0.3) is 0 Å². The number of hydrogen-bond donors (Lipinski definition) is 0. The van der Waals surface area contributed by atoms with Gasteiger partial charge in [-0.25, -0.2) is 0 Å². The van der Waals surface area contributed by atoms with Crippen molar-refractivity contribution in [2.24, 2.45) is 0 Å². The fraction of sp³-hybridized carbons (Fsp3) is 0.0256. The van der Waals surface area contributed by atoms with Gasteiger partial charge < -0.3 is 9.47 Å². The molecule has 13 aromatic carbocycles. The Hall–Kier alpha value is -10.3. The van der Waals surface area contributed by atoms with Crippen LogP contribution in [0.25, 0.3) is 93.9 Å². The maximum absolute atomic E-state index is 2.53. The predicted octanol–water partition coefficient (Wildman–Crippen LogP) is 19.8. The van der Waals surface area contributed by atoms with E-state index in [-0.39, 0.29) is 0 Å². The molecule has 3 aliphatic carbocycles. The zero-order chi connectivity index (χ0) is 52.3. The third-order valence-electron chi connectivity index (χ3n) is 18.6. The van der Waals surface area contributed by atoms with E-state index in [0.29, 0.717) is 0 Å². The molecule has 0 N–H and O–H groups in total. The van der Waals surface area contributed by atoms with Crippen LogP contribution in [0.1, 0.15) is 44.5 Å². The van der Waals surface area contributed by atoms with Crippen molar-refractivity contribution in [1.29, 1.82) is 0 Å². The Morgan fingerprint density at radius 2 is 0.688 bits per heavy atom. The minimum Gasteiger partial charge on any atom is -0.310 e. The lowest BCUT2D eigenvalue weighted by Crippen LogP contribution is -2.33. The fourth-order valence-electron chi connectivity index (χ4n) is 15.6. The van der Waals surface area contributed by atoms with Gasteiger partial charge in [0.2, 0.25) is 0 Å². The molecule has 2 heteroatoms. The van der Waals surface area contributed by atoms with Gasteiger partial charge in [0, 0.05) is 27.7 Å². The van der Waals surface area contributed by atoms with Gasteiger partial charge in [0.15, 0.2) is 0 Å². The average molecular weight is 1010 g/mol. The quantitative estimate of drug-likeness (QED) is 0.167. The number of hydrogen-bond acceptors (Lipinski definition) is 1. The summed E-state index contributed by atoms with van der Waals surface area (Å²) in [5, 5.41) is 5.07. The number of para-hydroxylation sites is 3. The van der Waals surface area contributed by atoms with Crippen molar-refractivity contribution < 1.29 is 0 Å². The van der Waals surface area contributed by atoms with Gasteiger partial charge in [0.05, 0.1) is 33.2 Å². The third kappa shape index (κ3) is 5.47. The lowest BCUT2D eigenvalue weighted by molar-refractivity contribution is 0.748. The van der Waals surface area contributed by atoms with E-state index in [1.807, 2.05) is 0 Å². The normalized spacial score (nSPS) is 15.2. The van der Waals surface area contributed by atoms with Gasteiger partial charge in [-0.05, 0) is 148 Å². The van der Waals surface area contributed by atoms with E-state index >= 15 is 0 Å². The Morgan fingerprint density at radius 3 is 1.39 bits per heavy atom. The number of rotatable bonds is 5. The van der Waals surface area contributed by atoms with E-state index in [1.165, 1.54) is 138 Å². The molecule has 2 heterocycles. The van der Waals surface area contributed by atoms with Gasteiger partial charge in [-0.2, -0.15) is 0 Å². The molecule has 370 valence electrons. The molecule has 2 spiro atoms. The molecule has 0 saturated heterocycles. The SMILES string of the molecule is c1ccc2c(c1)-c1ccccc1C21c2ccccc2-c2c(N(c3ccc(-c4cccc5c4-c4ccccc4C54c5ccccc5-n5c6ccccc6c6cccc4c65)cc3)c3ccc(-c4cccc5ccccc45)cc3)cccc21. The molecule has 1 unspecified atom stereocenters. The number of nitrogens with zero attached hydrogens (tertiary/aromatic N) is 2. The average Bonchev–Trinajstić information content (AvgIpc) is 3.31. The summed E-state index contributed by atoms with van der Waals surface area (Å²) in [5.74, 6) is 0. The maximum atomic E-state index is 2.53. The molecule has 14 aromatic rings. The Kier molecular flexibility index (Phi) is 8.83. The Labute approximate surface area is 464 Å². The second-order valence-electron chi connectivity index (χ2n) is 22.1. The molecule has 2 nitrogen and oxygen atoms in total. The van der Waals surface area contributed by atoms with Crippen LogP contribution in [-0.2, 0) is 10.8 Å². The van der Waals surface area contributed by atoms with E-state index in [9.17, 15) is 0 Å². The molecular formula is C78H48N2. The van der Waals surface area contributed by atoms with Crippen LogP contribution in [0.4, 0.5) is 17.1 Å². The number of fused-ring (bicyclic) bond motifs is 23. The van der Waals surface area contributed by atoms with Crippen molar-refractivity contribution in [3.05, 3.63) is 336 Å². The van der Waals surface area contributed by atoms with Crippen LogP contribution in [0, 0.1) is 0 Å². The predicted molar refractivity (Wildman–Crippen MR) is 331 cm³/mol. The lowest BCUT2D eigenvalue weighted by Gasteiger charge is -2.39. The molecule has 1 atom stereocenters. The van der Waals surface area contributed by atoms with E-state index in [1.54, 1.807) is 0 Å². The zero-order valence-electron chi connectivity index (χ0n) is 43.6. The monoisotopic (exact) mass is 1010 g/mol. The molecule has 0 bridgehead atoms. The summed E-state index contributed by atoms with van der Waals surface area (Å²) < 4.78 is 2.53. The largest absolute Gasteiger partial charge is 0.310 e. The lowest BCUT2D eigenvalue weighted by atomic mass is 9.65. The van der Waals surface area contributed by atoms with Crippen LogP contribution in [0.2, 0.25) is 0 Å². The minimum absolute atomic E-state index is 0.467. The van der Waals surface area contributed by atoms with Crippen molar-refractivity contribution in [3.8, 4) is 61.3 Å². The summed E-state index contributed by atoms with van der Waals surface area (Å²) in [6.45, 7) is 0. The molecule has 0 fully saturated rings. The first-order valence-corrected chi connectivity index (χ1v) is 28.0. The van der Waals surface area contributed by atoms with Crippen molar-refractivity contribution in [2.45, 2.75) is 10.8 Å².